The smallest absolute Gasteiger partial charge is 0.217 e. The molecule has 4 nitrogen and oxygen atoms in total. The molecule has 1 unspecified atom stereocenters. The van der Waals surface area contributed by atoms with Crippen molar-refractivity contribution >= 4 is 5.91 Å². The van der Waals surface area contributed by atoms with Crippen LogP contribution >= 0.6 is 0 Å². The molecule has 1 atom stereocenters. The molecule has 18 heavy (non-hydrogen) atoms. The van der Waals surface area contributed by atoms with Crippen molar-refractivity contribution in [2.75, 3.05) is 13.1 Å². The maximum atomic E-state index is 11.0. The van der Waals surface area contributed by atoms with E-state index in [1.807, 2.05) is 6.07 Å². The lowest BCUT2D eigenvalue weighted by atomic mass is 10.1. The summed E-state index contributed by atoms with van der Waals surface area (Å²) < 4.78 is 0. The van der Waals surface area contributed by atoms with Gasteiger partial charge in [0.2, 0.25) is 5.91 Å². The van der Waals surface area contributed by atoms with Crippen LogP contribution in [-0.4, -0.2) is 29.9 Å². The molecule has 0 aliphatic carbocycles. The van der Waals surface area contributed by atoms with Crippen molar-refractivity contribution in [3.05, 3.63) is 35.4 Å². The van der Waals surface area contributed by atoms with E-state index in [2.05, 4.69) is 28.4 Å². The van der Waals surface area contributed by atoms with E-state index in [1.54, 1.807) is 6.92 Å². The maximum absolute atomic E-state index is 11.0. The molecule has 1 saturated heterocycles. The van der Waals surface area contributed by atoms with E-state index < -0.39 is 0 Å². The molecule has 1 aromatic rings. The van der Waals surface area contributed by atoms with E-state index in [4.69, 9.17) is 5.73 Å². The Morgan fingerprint density at radius 3 is 3.00 bits per heavy atom. The Labute approximate surface area is 108 Å². The minimum absolute atomic E-state index is 0.0620. The van der Waals surface area contributed by atoms with Crippen molar-refractivity contribution < 1.29 is 4.79 Å². The Kier molecular flexibility index (Phi) is 4.33. The van der Waals surface area contributed by atoms with E-state index in [1.165, 1.54) is 11.1 Å². The summed E-state index contributed by atoms with van der Waals surface area (Å²) in [6.07, 6.45) is 1.04. The summed E-state index contributed by atoms with van der Waals surface area (Å²) in [5.74, 6) is 0.0620. The number of likely N-dealkylation sites (tertiary alicyclic amines) is 1. The largest absolute Gasteiger partial charge is 0.352 e. The van der Waals surface area contributed by atoms with Gasteiger partial charge in [-0.25, -0.2) is 0 Å². The zero-order valence-electron chi connectivity index (χ0n) is 10.9. The lowest BCUT2D eigenvalue weighted by Crippen LogP contribution is -2.35. The number of nitrogens with one attached hydrogen (secondary N) is 1. The second-order valence-electron chi connectivity index (χ2n) is 4.95. The van der Waals surface area contributed by atoms with Gasteiger partial charge in [0.05, 0.1) is 0 Å². The van der Waals surface area contributed by atoms with Crippen molar-refractivity contribution in [1.82, 2.24) is 10.2 Å². The van der Waals surface area contributed by atoms with Gasteiger partial charge in [-0.3, -0.25) is 9.69 Å². The predicted octanol–water partition coefficient (Wildman–Crippen LogP) is 0.856. The number of rotatable bonds is 4. The predicted molar refractivity (Wildman–Crippen MR) is 71.8 cm³/mol. The van der Waals surface area contributed by atoms with Gasteiger partial charge in [0.15, 0.2) is 0 Å². The molecule has 1 heterocycles. The summed E-state index contributed by atoms with van der Waals surface area (Å²) >= 11 is 0. The average molecular weight is 247 g/mol. The van der Waals surface area contributed by atoms with Crippen LogP contribution in [0.3, 0.4) is 0 Å². The highest BCUT2D eigenvalue weighted by Crippen LogP contribution is 2.14. The second kappa shape index (κ2) is 5.98. The van der Waals surface area contributed by atoms with E-state index in [9.17, 15) is 4.79 Å². The van der Waals surface area contributed by atoms with Crippen LogP contribution in [0.15, 0.2) is 24.3 Å². The molecule has 0 radical (unpaired) electrons. The topological polar surface area (TPSA) is 58.4 Å². The van der Waals surface area contributed by atoms with Crippen LogP contribution in [0.2, 0.25) is 0 Å². The van der Waals surface area contributed by atoms with Crippen LogP contribution in [0, 0.1) is 0 Å². The quantitative estimate of drug-likeness (QED) is 0.829. The van der Waals surface area contributed by atoms with Crippen LogP contribution in [0.5, 0.6) is 0 Å². The Bertz CT molecular complexity index is 419. The minimum Gasteiger partial charge on any atom is -0.352 e. The number of carbonyl (C=O) groups is 1. The highest BCUT2D eigenvalue weighted by atomic mass is 16.1. The van der Waals surface area contributed by atoms with Gasteiger partial charge in [0.25, 0.3) is 0 Å². The first-order valence-electron chi connectivity index (χ1n) is 6.44. The highest BCUT2D eigenvalue weighted by molar-refractivity contribution is 5.73. The monoisotopic (exact) mass is 247 g/mol. The van der Waals surface area contributed by atoms with Crippen molar-refractivity contribution in [3.63, 3.8) is 0 Å². The van der Waals surface area contributed by atoms with Crippen LogP contribution in [0.4, 0.5) is 0 Å². The van der Waals surface area contributed by atoms with E-state index >= 15 is 0 Å². The van der Waals surface area contributed by atoms with Gasteiger partial charge in [-0.1, -0.05) is 24.3 Å². The van der Waals surface area contributed by atoms with Gasteiger partial charge in [-0.05, 0) is 17.5 Å². The van der Waals surface area contributed by atoms with Crippen molar-refractivity contribution in [2.24, 2.45) is 5.73 Å². The van der Waals surface area contributed by atoms with Gasteiger partial charge in [0.1, 0.15) is 0 Å². The van der Waals surface area contributed by atoms with E-state index in [-0.39, 0.29) is 5.91 Å². The van der Waals surface area contributed by atoms with Crippen molar-refractivity contribution in [3.8, 4) is 0 Å². The van der Waals surface area contributed by atoms with Crippen molar-refractivity contribution in [2.45, 2.75) is 32.5 Å². The minimum atomic E-state index is 0.0620. The average Bonchev–Trinajstić information content (AvgIpc) is 2.76. The molecule has 1 aromatic carbocycles. The van der Waals surface area contributed by atoms with Crippen LogP contribution in [0.1, 0.15) is 24.5 Å². The first-order chi connectivity index (χ1) is 8.67. The number of carbonyl (C=O) groups excluding carboxylic acids is 1. The number of hydrogen-bond donors (Lipinski definition) is 2. The molecular weight excluding hydrogens is 226 g/mol. The summed E-state index contributed by atoms with van der Waals surface area (Å²) in [4.78, 5) is 13.4. The zero-order valence-corrected chi connectivity index (χ0v) is 10.9. The Hall–Kier alpha value is -1.39. The van der Waals surface area contributed by atoms with E-state index in [0.29, 0.717) is 12.6 Å². The van der Waals surface area contributed by atoms with Crippen LogP contribution < -0.4 is 11.1 Å². The molecule has 1 aliphatic heterocycles. The second-order valence-corrected chi connectivity index (χ2v) is 4.95. The first kappa shape index (κ1) is 13.1. The van der Waals surface area contributed by atoms with E-state index in [0.717, 1.165) is 26.1 Å². The molecule has 0 spiro atoms. The third kappa shape index (κ3) is 3.55. The standard InChI is InChI=1S/C14H21N3O/c1-11(18)16-14-5-6-17(10-14)9-13-4-2-3-12(7-13)8-15/h2-4,7,14H,5-6,8-10,15H2,1H3,(H,16,18). The molecule has 1 fully saturated rings. The Morgan fingerprint density at radius 2 is 2.28 bits per heavy atom. The SMILES string of the molecule is CC(=O)NC1CCN(Cc2cccc(CN)c2)C1. The fourth-order valence-electron chi connectivity index (χ4n) is 2.49. The van der Waals surface area contributed by atoms with Gasteiger partial charge in [0, 0.05) is 39.1 Å². The summed E-state index contributed by atoms with van der Waals surface area (Å²) in [6, 6.07) is 8.70. The third-order valence-electron chi connectivity index (χ3n) is 3.31. The molecule has 2 rings (SSSR count). The molecule has 1 aliphatic rings. The normalized spacial score (nSPS) is 20.0. The van der Waals surface area contributed by atoms with Crippen molar-refractivity contribution in [1.29, 1.82) is 0 Å². The molecule has 0 bridgehead atoms. The summed E-state index contributed by atoms with van der Waals surface area (Å²) in [5, 5.41) is 2.98. The maximum Gasteiger partial charge on any atom is 0.217 e. The van der Waals surface area contributed by atoms with Gasteiger partial charge < -0.3 is 11.1 Å². The first-order valence-corrected chi connectivity index (χ1v) is 6.44. The Balaban J connectivity index is 1.88. The summed E-state index contributed by atoms with van der Waals surface area (Å²) in [7, 11) is 0. The zero-order chi connectivity index (χ0) is 13.0. The molecular formula is C14H21N3O. The molecule has 98 valence electrons. The van der Waals surface area contributed by atoms with Crippen LogP contribution in [-0.2, 0) is 17.9 Å². The van der Waals surface area contributed by atoms with Crippen LogP contribution in [0.25, 0.3) is 0 Å². The fraction of sp³-hybridized carbons (Fsp3) is 0.500. The lowest BCUT2D eigenvalue weighted by Gasteiger charge is -2.16. The lowest BCUT2D eigenvalue weighted by molar-refractivity contribution is -0.119. The molecule has 1 amide bonds. The Morgan fingerprint density at radius 1 is 1.50 bits per heavy atom. The molecule has 0 aromatic heterocycles. The van der Waals surface area contributed by atoms with Gasteiger partial charge in [-0.15, -0.1) is 0 Å². The number of benzene rings is 1. The number of nitrogens with two attached hydrogens (primary N) is 1. The third-order valence-corrected chi connectivity index (χ3v) is 3.31. The highest BCUT2D eigenvalue weighted by Gasteiger charge is 2.22. The van der Waals surface area contributed by atoms with Gasteiger partial charge in [-0.2, -0.15) is 0 Å². The van der Waals surface area contributed by atoms with Gasteiger partial charge >= 0.3 is 0 Å². The molecule has 3 N–H and O–H groups in total. The number of hydrogen-bond acceptors (Lipinski definition) is 3. The number of amides is 1. The summed E-state index contributed by atoms with van der Waals surface area (Å²) in [6.45, 7) is 5.07. The summed E-state index contributed by atoms with van der Waals surface area (Å²) in [5.41, 5.74) is 8.11. The molecule has 0 saturated carbocycles. The molecule has 4 heteroatoms. The fourth-order valence-corrected chi connectivity index (χ4v) is 2.49. The number of nitrogens with zero attached hydrogens (tertiary/aromatic N) is 1.